The maximum absolute atomic E-state index is 8.64. The Morgan fingerprint density at radius 1 is 1.41 bits per heavy atom. The van der Waals surface area contributed by atoms with E-state index in [2.05, 4.69) is 36.0 Å². The van der Waals surface area contributed by atoms with Crippen LogP contribution in [0.1, 0.15) is 25.8 Å². The zero-order chi connectivity index (χ0) is 12.7. The van der Waals surface area contributed by atoms with Gasteiger partial charge in [0.25, 0.3) is 0 Å². The first-order valence-electron chi connectivity index (χ1n) is 5.91. The van der Waals surface area contributed by atoms with Gasteiger partial charge in [-0.25, -0.2) is 0 Å². The van der Waals surface area contributed by atoms with E-state index in [1.54, 1.807) is 0 Å². The van der Waals surface area contributed by atoms with Crippen molar-refractivity contribution in [3.63, 3.8) is 0 Å². The molecule has 1 unspecified atom stereocenters. The van der Waals surface area contributed by atoms with Crippen molar-refractivity contribution in [3.8, 4) is 0 Å². The van der Waals surface area contributed by atoms with Crippen LogP contribution in [0.15, 0.2) is 35.5 Å². The summed E-state index contributed by atoms with van der Waals surface area (Å²) >= 11 is 0. The Kier molecular flexibility index (Phi) is 5.49. The molecule has 1 rings (SSSR count). The van der Waals surface area contributed by atoms with Crippen LogP contribution in [0, 0.1) is 0 Å². The summed E-state index contributed by atoms with van der Waals surface area (Å²) < 4.78 is 0. The van der Waals surface area contributed by atoms with Crippen LogP contribution in [0.25, 0.3) is 0 Å². The second kappa shape index (κ2) is 6.91. The Bertz CT molecular complexity index is 351. The van der Waals surface area contributed by atoms with E-state index < -0.39 is 0 Å². The number of amidine groups is 1. The number of oxime groups is 1. The molecule has 0 aliphatic rings. The zero-order valence-corrected chi connectivity index (χ0v) is 10.5. The second-order valence-corrected chi connectivity index (χ2v) is 4.24. The molecule has 17 heavy (non-hydrogen) atoms. The molecule has 0 aliphatic heterocycles. The molecule has 0 heterocycles. The average Bonchev–Trinajstić information content (AvgIpc) is 2.38. The Morgan fingerprint density at radius 2 is 2.06 bits per heavy atom. The molecule has 0 spiro atoms. The smallest absolute Gasteiger partial charge is 0.153 e. The molecule has 0 aliphatic carbocycles. The predicted octanol–water partition coefficient (Wildman–Crippen LogP) is 2.03. The molecule has 0 radical (unpaired) electrons. The molecule has 0 aromatic heterocycles. The summed E-state index contributed by atoms with van der Waals surface area (Å²) in [5.41, 5.74) is 6.81. The Labute approximate surface area is 103 Å². The number of nitrogens with two attached hydrogens (primary N) is 1. The quantitative estimate of drug-likeness (QED) is 0.343. The summed E-state index contributed by atoms with van der Waals surface area (Å²) in [6.45, 7) is 5.58. The molecular weight excluding hydrogens is 214 g/mol. The largest absolute Gasteiger partial charge is 0.409 e. The highest BCUT2D eigenvalue weighted by molar-refractivity contribution is 5.81. The summed E-state index contributed by atoms with van der Waals surface area (Å²) in [6.07, 6.45) is 1.03. The number of hydrogen-bond donors (Lipinski definition) is 2. The van der Waals surface area contributed by atoms with Crippen molar-refractivity contribution in [3.05, 3.63) is 35.9 Å². The Balaban J connectivity index is 2.70. The third kappa shape index (κ3) is 4.44. The summed E-state index contributed by atoms with van der Waals surface area (Å²) in [5.74, 6) is 0.251. The molecule has 0 bridgehead atoms. The minimum absolute atomic E-state index is 0.251. The minimum Gasteiger partial charge on any atom is -0.409 e. The molecular formula is C13H21N3O. The lowest BCUT2D eigenvalue weighted by Gasteiger charge is -2.27. The highest BCUT2D eigenvalue weighted by atomic mass is 16.4. The third-order valence-electron chi connectivity index (χ3n) is 2.94. The summed E-state index contributed by atoms with van der Waals surface area (Å²) in [7, 11) is 0. The molecule has 0 saturated heterocycles. The van der Waals surface area contributed by atoms with Gasteiger partial charge < -0.3 is 10.9 Å². The lowest BCUT2D eigenvalue weighted by Crippen LogP contribution is -2.39. The second-order valence-electron chi connectivity index (χ2n) is 4.24. The molecule has 4 nitrogen and oxygen atoms in total. The van der Waals surface area contributed by atoms with Crippen LogP contribution in [0.5, 0.6) is 0 Å². The molecule has 1 aromatic rings. The highest BCUT2D eigenvalue weighted by Crippen LogP contribution is 2.10. The van der Waals surface area contributed by atoms with Crippen LogP contribution in [0.3, 0.4) is 0 Å². The van der Waals surface area contributed by atoms with Gasteiger partial charge in [0.2, 0.25) is 0 Å². The van der Waals surface area contributed by atoms with Crippen LogP contribution in [-0.2, 0) is 6.54 Å². The summed E-state index contributed by atoms with van der Waals surface area (Å²) in [4.78, 5) is 2.20. The number of hydrogen-bond acceptors (Lipinski definition) is 3. The molecule has 0 saturated carbocycles. The lowest BCUT2D eigenvalue weighted by molar-refractivity contribution is 0.220. The van der Waals surface area contributed by atoms with E-state index in [0.717, 1.165) is 13.0 Å². The van der Waals surface area contributed by atoms with Crippen LogP contribution < -0.4 is 5.73 Å². The summed E-state index contributed by atoms with van der Waals surface area (Å²) in [5, 5.41) is 11.7. The van der Waals surface area contributed by atoms with Gasteiger partial charge in [-0.05, 0) is 18.9 Å². The first kappa shape index (κ1) is 13.5. The van der Waals surface area contributed by atoms with Gasteiger partial charge in [-0.1, -0.05) is 42.4 Å². The van der Waals surface area contributed by atoms with Gasteiger partial charge >= 0.3 is 0 Å². The van der Waals surface area contributed by atoms with Gasteiger partial charge in [-0.15, -0.1) is 0 Å². The number of nitrogens with zero attached hydrogens (tertiary/aromatic N) is 2. The highest BCUT2D eigenvalue weighted by Gasteiger charge is 2.14. The lowest BCUT2D eigenvalue weighted by atomic mass is 10.1. The van der Waals surface area contributed by atoms with Crippen LogP contribution >= 0.6 is 0 Å². The van der Waals surface area contributed by atoms with Crippen LogP contribution in [0.2, 0.25) is 0 Å². The maximum atomic E-state index is 8.64. The fourth-order valence-corrected chi connectivity index (χ4v) is 1.68. The van der Waals surface area contributed by atoms with Crippen molar-refractivity contribution in [1.82, 2.24) is 4.90 Å². The van der Waals surface area contributed by atoms with Crippen LogP contribution in [-0.4, -0.2) is 28.5 Å². The Hall–Kier alpha value is -1.55. The zero-order valence-electron chi connectivity index (χ0n) is 10.5. The molecule has 3 N–H and O–H groups in total. The minimum atomic E-state index is 0.251. The SMILES string of the molecule is CCC(C)N(C/C(N)=N/O)Cc1ccccc1. The summed E-state index contributed by atoms with van der Waals surface area (Å²) in [6, 6.07) is 10.6. The molecule has 4 heteroatoms. The van der Waals surface area contributed by atoms with E-state index in [1.807, 2.05) is 18.2 Å². The maximum Gasteiger partial charge on any atom is 0.153 e. The van der Waals surface area contributed by atoms with E-state index in [1.165, 1.54) is 5.56 Å². The Morgan fingerprint density at radius 3 is 2.59 bits per heavy atom. The monoisotopic (exact) mass is 235 g/mol. The van der Waals surface area contributed by atoms with E-state index in [4.69, 9.17) is 10.9 Å². The van der Waals surface area contributed by atoms with Crippen molar-refractivity contribution in [2.24, 2.45) is 10.9 Å². The fourth-order valence-electron chi connectivity index (χ4n) is 1.68. The van der Waals surface area contributed by atoms with Gasteiger partial charge in [0.05, 0.1) is 6.54 Å². The first-order valence-corrected chi connectivity index (χ1v) is 5.91. The van der Waals surface area contributed by atoms with Crippen molar-refractivity contribution >= 4 is 5.84 Å². The molecule has 0 fully saturated rings. The molecule has 0 amide bonds. The third-order valence-corrected chi connectivity index (χ3v) is 2.94. The fraction of sp³-hybridized carbons (Fsp3) is 0.462. The van der Waals surface area contributed by atoms with Crippen molar-refractivity contribution in [2.45, 2.75) is 32.9 Å². The van der Waals surface area contributed by atoms with Gasteiger partial charge in [0.15, 0.2) is 5.84 Å². The van der Waals surface area contributed by atoms with Gasteiger partial charge in [-0.2, -0.15) is 0 Å². The van der Waals surface area contributed by atoms with Gasteiger partial charge in [-0.3, -0.25) is 4.90 Å². The molecule has 94 valence electrons. The number of benzene rings is 1. The van der Waals surface area contributed by atoms with Crippen molar-refractivity contribution in [1.29, 1.82) is 0 Å². The van der Waals surface area contributed by atoms with Crippen LogP contribution in [0.4, 0.5) is 0 Å². The van der Waals surface area contributed by atoms with Gasteiger partial charge in [0.1, 0.15) is 0 Å². The topological polar surface area (TPSA) is 61.8 Å². The molecule has 1 atom stereocenters. The normalized spacial score (nSPS) is 13.9. The van der Waals surface area contributed by atoms with E-state index in [0.29, 0.717) is 12.6 Å². The standard InChI is InChI=1S/C13H21N3O/c1-3-11(2)16(10-13(14)15-17)9-12-7-5-4-6-8-12/h4-8,11,17H,3,9-10H2,1-2H3,(H2,14,15). The first-order chi connectivity index (χ1) is 8.17. The van der Waals surface area contributed by atoms with E-state index in [-0.39, 0.29) is 5.84 Å². The van der Waals surface area contributed by atoms with Crippen molar-refractivity contribution in [2.75, 3.05) is 6.54 Å². The van der Waals surface area contributed by atoms with E-state index >= 15 is 0 Å². The van der Waals surface area contributed by atoms with Gasteiger partial charge in [0, 0.05) is 12.6 Å². The predicted molar refractivity (Wildman–Crippen MR) is 70.0 cm³/mol. The van der Waals surface area contributed by atoms with E-state index in [9.17, 15) is 0 Å². The average molecular weight is 235 g/mol. The van der Waals surface area contributed by atoms with Crippen molar-refractivity contribution < 1.29 is 5.21 Å². The molecule has 1 aromatic carbocycles. The number of rotatable bonds is 6.